The van der Waals surface area contributed by atoms with Crippen LogP contribution in [0.15, 0.2) is 48.8 Å². The summed E-state index contributed by atoms with van der Waals surface area (Å²) in [5.41, 5.74) is 2.18. The summed E-state index contributed by atoms with van der Waals surface area (Å²) >= 11 is 0. The van der Waals surface area contributed by atoms with Gasteiger partial charge in [-0.3, -0.25) is 24.4 Å². The van der Waals surface area contributed by atoms with E-state index in [-0.39, 0.29) is 28.7 Å². The van der Waals surface area contributed by atoms with Gasteiger partial charge in [-0.05, 0) is 53.9 Å². The smallest absolute Gasteiger partial charge is 0.251 e. The first-order valence-corrected chi connectivity index (χ1v) is 13.8. The highest BCUT2D eigenvalue weighted by Crippen LogP contribution is 2.38. The molecule has 0 radical (unpaired) electrons. The summed E-state index contributed by atoms with van der Waals surface area (Å²) in [7, 11) is 0. The van der Waals surface area contributed by atoms with Crippen molar-refractivity contribution in [2.45, 2.75) is 96.7 Å². The van der Waals surface area contributed by atoms with Crippen molar-refractivity contribution in [3.8, 4) is 6.19 Å². The maximum Gasteiger partial charge on any atom is 0.251 e. The van der Waals surface area contributed by atoms with Gasteiger partial charge in [-0.1, -0.05) is 72.1 Å². The van der Waals surface area contributed by atoms with Crippen molar-refractivity contribution in [3.63, 3.8) is 0 Å². The Hall–Kier alpha value is -3.40. The lowest BCUT2D eigenvalue weighted by molar-refractivity contribution is -0.128. The Balaban J connectivity index is 1.80. The van der Waals surface area contributed by atoms with Gasteiger partial charge in [-0.15, -0.1) is 0 Å². The number of nitrogens with one attached hydrogen (secondary N) is 1. The first-order valence-electron chi connectivity index (χ1n) is 13.8. The van der Waals surface area contributed by atoms with Crippen molar-refractivity contribution in [1.82, 2.24) is 15.2 Å². The Morgan fingerprint density at radius 2 is 1.82 bits per heavy atom. The van der Waals surface area contributed by atoms with Gasteiger partial charge < -0.3 is 5.32 Å². The molecule has 1 N–H and O–H groups in total. The first-order chi connectivity index (χ1) is 18.0. The lowest BCUT2D eigenvalue weighted by atomic mass is 9.87. The Morgan fingerprint density at radius 3 is 2.39 bits per heavy atom. The third-order valence-corrected chi connectivity index (χ3v) is 7.84. The molecule has 2 atom stereocenters. The van der Waals surface area contributed by atoms with E-state index in [4.69, 9.17) is 0 Å². The maximum absolute atomic E-state index is 14.4. The molecule has 1 saturated carbocycles. The fraction of sp³-hybridized carbons (Fsp3) is 0.548. The molecule has 2 aromatic rings. The van der Waals surface area contributed by atoms with E-state index in [1.165, 1.54) is 6.42 Å². The van der Waals surface area contributed by atoms with Crippen LogP contribution in [0.5, 0.6) is 0 Å². The molecule has 0 bridgehead atoms. The van der Waals surface area contributed by atoms with Crippen LogP contribution in [0.25, 0.3) is 0 Å². The van der Waals surface area contributed by atoms with Gasteiger partial charge >= 0.3 is 0 Å². The van der Waals surface area contributed by atoms with Gasteiger partial charge in [-0.2, -0.15) is 5.26 Å². The first kappa shape index (κ1) is 27.6. The number of hydrogen-bond acceptors (Lipinski definition) is 5. The van der Waals surface area contributed by atoms with E-state index in [2.05, 4.69) is 51.1 Å². The Labute approximate surface area is 227 Å². The molecule has 1 aromatic carbocycles. The van der Waals surface area contributed by atoms with Crippen molar-refractivity contribution in [3.05, 3.63) is 59.9 Å². The number of rotatable bonds is 6. The Kier molecular flexibility index (Phi) is 8.10. The minimum Gasteiger partial charge on any atom is -0.351 e. The number of carbonyl (C=O) groups is 2. The normalized spacial score (nSPS) is 20.4. The third kappa shape index (κ3) is 6.18. The second kappa shape index (κ2) is 11.1. The molecule has 1 aliphatic heterocycles. The van der Waals surface area contributed by atoms with E-state index in [1.807, 2.05) is 30.3 Å². The summed E-state index contributed by atoms with van der Waals surface area (Å²) in [6.45, 7) is 11.1. The van der Waals surface area contributed by atoms with Crippen molar-refractivity contribution in [2.75, 3.05) is 11.4 Å². The van der Waals surface area contributed by atoms with Gasteiger partial charge in [-0.25, -0.2) is 0 Å². The number of benzene rings is 1. The second-order valence-corrected chi connectivity index (χ2v) is 12.6. The molecule has 202 valence electrons. The van der Waals surface area contributed by atoms with Crippen LogP contribution in [-0.2, 0) is 15.0 Å². The van der Waals surface area contributed by atoms with E-state index < -0.39 is 12.1 Å². The molecular weight excluding hydrogens is 474 g/mol. The number of anilines is 1. The molecule has 2 fully saturated rings. The van der Waals surface area contributed by atoms with E-state index in [0.29, 0.717) is 24.2 Å². The highest BCUT2D eigenvalue weighted by atomic mass is 16.2. The summed E-state index contributed by atoms with van der Waals surface area (Å²) in [5, 5.41) is 13.1. The van der Waals surface area contributed by atoms with Gasteiger partial charge in [0, 0.05) is 36.2 Å². The zero-order valence-corrected chi connectivity index (χ0v) is 23.4. The summed E-state index contributed by atoms with van der Waals surface area (Å²) < 4.78 is 0. The maximum atomic E-state index is 14.4. The zero-order valence-electron chi connectivity index (χ0n) is 23.4. The van der Waals surface area contributed by atoms with Crippen LogP contribution < -0.4 is 10.2 Å². The highest BCUT2D eigenvalue weighted by molar-refractivity contribution is 6.04. The number of carbonyl (C=O) groups excluding carboxylic acids is 2. The van der Waals surface area contributed by atoms with Crippen molar-refractivity contribution >= 4 is 17.5 Å². The molecule has 2 amide bonds. The molecule has 2 unspecified atom stereocenters. The largest absolute Gasteiger partial charge is 0.351 e. The number of hydrogen-bond donors (Lipinski definition) is 1. The predicted octanol–water partition coefficient (Wildman–Crippen LogP) is 5.48. The quantitative estimate of drug-likeness (QED) is 0.514. The van der Waals surface area contributed by atoms with Crippen LogP contribution >= 0.6 is 0 Å². The van der Waals surface area contributed by atoms with Crippen LogP contribution in [0.4, 0.5) is 5.69 Å². The second-order valence-electron chi connectivity index (χ2n) is 12.6. The molecule has 2 aliphatic rings. The van der Waals surface area contributed by atoms with Crippen LogP contribution in [0, 0.1) is 16.9 Å². The summed E-state index contributed by atoms with van der Waals surface area (Å²) in [4.78, 5) is 35.9. The number of pyridine rings is 1. The van der Waals surface area contributed by atoms with Gasteiger partial charge in [0.1, 0.15) is 12.1 Å². The molecule has 1 aliphatic carbocycles. The number of aromatic nitrogens is 1. The lowest BCUT2D eigenvalue weighted by Gasteiger charge is -2.36. The number of nitriles is 1. The Morgan fingerprint density at radius 1 is 1.13 bits per heavy atom. The molecule has 1 aromatic heterocycles. The number of likely N-dealkylation sites (tertiary alicyclic amines) is 1. The van der Waals surface area contributed by atoms with E-state index in [0.717, 1.165) is 31.2 Å². The average molecular weight is 516 g/mol. The molecule has 38 heavy (non-hydrogen) atoms. The van der Waals surface area contributed by atoms with E-state index in [1.54, 1.807) is 28.3 Å². The minimum atomic E-state index is -0.900. The molecule has 7 heteroatoms. The lowest BCUT2D eigenvalue weighted by Crippen LogP contribution is -2.51. The summed E-state index contributed by atoms with van der Waals surface area (Å²) in [5.74, 6) is -0.452. The van der Waals surface area contributed by atoms with Crippen molar-refractivity contribution < 1.29 is 9.59 Å². The Bertz CT molecular complexity index is 1160. The van der Waals surface area contributed by atoms with Crippen LogP contribution in [0.3, 0.4) is 0 Å². The third-order valence-electron chi connectivity index (χ3n) is 7.84. The van der Waals surface area contributed by atoms with Crippen LogP contribution in [-0.4, -0.2) is 40.3 Å². The average Bonchev–Trinajstić information content (AvgIpc) is 3.22. The molecule has 2 heterocycles. The minimum absolute atomic E-state index is 0.0540. The van der Waals surface area contributed by atoms with Crippen molar-refractivity contribution in [2.24, 2.45) is 5.41 Å². The highest BCUT2D eigenvalue weighted by Gasteiger charge is 2.46. The molecular formula is C31H41N5O2. The standard InChI is InChI=1S/C31H41N5O2/c1-30(2,3)23-13-15-25(16-14-23)36(29(38)26-18-31(4,5)20-35(26)21-32)27(22-10-9-17-33-19-22)28(37)34-24-11-7-6-8-12-24/h9-10,13-17,19,24,26-27H,6-8,11-12,18,20H2,1-5H3,(H,34,37). The molecule has 7 nitrogen and oxygen atoms in total. The van der Waals surface area contributed by atoms with Gasteiger partial charge in [0.2, 0.25) is 5.91 Å². The summed E-state index contributed by atoms with van der Waals surface area (Å²) in [6.07, 6.45) is 11.4. The van der Waals surface area contributed by atoms with Gasteiger partial charge in [0.05, 0.1) is 0 Å². The predicted molar refractivity (Wildman–Crippen MR) is 149 cm³/mol. The fourth-order valence-corrected chi connectivity index (χ4v) is 5.76. The van der Waals surface area contributed by atoms with E-state index in [9.17, 15) is 14.9 Å². The zero-order chi connectivity index (χ0) is 27.5. The fourth-order valence-electron chi connectivity index (χ4n) is 5.76. The molecule has 4 rings (SSSR count). The topological polar surface area (TPSA) is 89.3 Å². The van der Waals surface area contributed by atoms with E-state index >= 15 is 0 Å². The summed E-state index contributed by atoms with van der Waals surface area (Å²) in [6, 6.07) is 10.1. The van der Waals surface area contributed by atoms with Crippen molar-refractivity contribution in [1.29, 1.82) is 5.26 Å². The molecule has 1 saturated heterocycles. The van der Waals surface area contributed by atoms with Crippen LogP contribution in [0.2, 0.25) is 0 Å². The SMILES string of the molecule is CC1(C)CC(C(=O)N(c2ccc(C(C)(C)C)cc2)C(C(=O)NC2CCCCC2)c2cccnc2)N(C#N)C1. The monoisotopic (exact) mass is 515 g/mol. The number of amides is 2. The van der Waals surface area contributed by atoms with Gasteiger partial charge in [0.15, 0.2) is 6.19 Å². The van der Waals surface area contributed by atoms with Crippen LogP contribution in [0.1, 0.15) is 90.3 Å². The number of nitrogens with zero attached hydrogens (tertiary/aromatic N) is 4. The van der Waals surface area contributed by atoms with Gasteiger partial charge in [0.25, 0.3) is 5.91 Å². The molecule has 0 spiro atoms.